The number of Topliss-reactive ketones (excluding diaryl/α,β-unsaturated/α-hetero) is 1. The largest absolute Gasteiger partial charge is 0.358 e. The Morgan fingerprint density at radius 1 is 1.11 bits per heavy atom. The van der Waals surface area contributed by atoms with E-state index in [0.29, 0.717) is 0 Å². The predicted octanol–water partition coefficient (Wildman–Crippen LogP) is 5.74. The molecule has 0 amide bonds. The molecule has 28 heavy (non-hydrogen) atoms. The van der Waals surface area contributed by atoms with Gasteiger partial charge in [0.05, 0.1) is 5.25 Å². The summed E-state index contributed by atoms with van der Waals surface area (Å²) >= 11 is 2.90. The van der Waals surface area contributed by atoms with E-state index in [2.05, 4.69) is 20.5 Å². The SMILES string of the molecule is Cc1ccccc1Nc1nnc(S[C@@H](C)C(=O)c2c(C)[nH]c3ccccc23)s1. The monoisotopic (exact) mass is 408 g/mol. The zero-order valence-electron chi connectivity index (χ0n) is 15.8. The lowest BCUT2D eigenvalue weighted by Gasteiger charge is -2.08. The molecule has 0 unspecified atom stereocenters. The number of aryl methyl sites for hydroxylation is 2. The molecule has 2 aromatic carbocycles. The lowest BCUT2D eigenvalue weighted by molar-refractivity contribution is 0.0995. The molecule has 4 rings (SSSR count). The number of H-pyrrole nitrogens is 1. The van der Waals surface area contributed by atoms with Gasteiger partial charge in [-0.3, -0.25) is 4.79 Å². The molecular weight excluding hydrogens is 388 g/mol. The molecule has 0 aliphatic heterocycles. The van der Waals surface area contributed by atoms with E-state index in [1.54, 1.807) is 0 Å². The van der Waals surface area contributed by atoms with E-state index in [1.165, 1.54) is 23.1 Å². The third kappa shape index (κ3) is 3.68. The van der Waals surface area contributed by atoms with Crippen molar-refractivity contribution in [3.63, 3.8) is 0 Å². The predicted molar refractivity (Wildman–Crippen MR) is 117 cm³/mol. The first-order valence-electron chi connectivity index (χ1n) is 8.97. The number of aromatic nitrogens is 3. The smallest absolute Gasteiger partial charge is 0.210 e. The average molecular weight is 409 g/mol. The van der Waals surface area contributed by atoms with Gasteiger partial charge in [0.25, 0.3) is 0 Å². The lowest BCUT2D eigenvalue weighted by Crippen LogP contribution is -2.14. The minimum Gasteiger partial charge on any atom is -0.358 e. The van der Waals surface area contributed by atoms with Crippen LogP contribution in [0.15, 0.2) is 52.9 Å². The maximum absolute atomic E-state index is 13.1. The van der Waals surface area contributed by atoms with Crippen LogP contribution in [0.3, 0.4) is 0 Å². The Bertz CT molecular complexity index is 1150. The fraction of sp³-hybridized carbons (Fsp3) is 0.190. The highest BCUT2D eigenvalue weighted by atomic mass is 32.2. The van der Waals surface area contributed by atoms with E-state index in [-0.39, 0.29) is 11.0 Å². The first kappa shape index (κ1) is 18.7. The van der Waals surface area contributed by atoms with Gasteiger partial charge < -0.3 is 10.3 Å². The molecular formula is C21H20N4OS2. The number of carbonyl (C=O) groups is 1. The minimum absolute atomic E-state index is 0.101. The number of hydrogen-bond donors (Lipinski definition) is 2. The topological polar surface area (TPSA) is 70.7 Å². The van der Waals surface area contributed by atoms with E-state index in [0.717, 1.165) is 42.9 Å². The average Bonchev–Trinajstić information content (AvgIpc) is 3.26. The molecule has 0 spiro atoms. The number of nitrogens with one attached hydrogen (secondary N) is 2. The van der Waals surface area contributed by atoms with Crippen molar-refractivity contribution >= 4 is 50.6 Å². The van der Waals surface area contributed by atoms with Crippen LogP contribution in [0.25, 0.3) is 10.9 Å². The Balaban J connectivity index is 1.50. The van der Waals surface area contributed by atoms with E-state index < -0.39 is 0 Å². The molecule has 0 fully saturated rings. The molecule has 0 saturated carbocycles. The van der Waals surface area contributed by atoms with Crippen LogP contribution < -0.4 is 5.32 Å². The van der Waals surface area contributed by atoms with Crippen molar-refractivity contribution in [2.45, 2.75) is 30.4 Å². The van der Waals surface area contributed by atoms with Crippen LogP contribution >= 0.6 is 23.1 Å². The zero-order chi connectivity index (χ0) is 19.7. The summed E-state index contributed by atoms with van der Waals surface area (Å²) in [6, 6.07) is 15.9. The number of ketones is 1. The Morgan fingerprint density at radius 2 is 1.86 bits per heavy atom. The number of hydrogen-bond acceptors (Lipinski definition) is 6. The van der Waals surface area contributed by atoms with Gasteiger partial charge in [-0.2, -0.15) is 0 Å². The Morgan fingerprint density at radius 3 is 2.68 bits per heavy atom. The van der Waals surface area contributed by atoms with Crippen LogP contribution in [0.2, 0.25) is 0 Å². The van der Waals surface area contributed by atoms with Crippen LogP contribution in [-0.2, 0) is 0 Å². The molecule has 0 aliphatic rings. The number of nitrogens with zero attached hydrogens (tertiary/aromatic N) is 2. The number of aromatic amines is 1. The third-order valence-corrected chi connectivity index (χ3v) is 6.60. The molecule has 0 aliphatic carbocycles. The maximum atomic E-state index is 13.1. The summed E-state index contributed by atoms with van der Waals surface area (Å²) in [5, 5.41) is 13.2. The van der Waals surface area contributed by atoms with Gasteiger partial charge in [0.2, 0.25) is 5.13 Å². The number of para-hydroxylation sites is 2. The second-order valence-electron chi connectivity index (χ2n) is 6.61. The van der Waals surface area contributed by atoms with Gasteiger partial charge >= 0.3 is 0 Å². The van der Waals surface area contributed by atoms with Gasteiger partial charge in [-0.1, -0.05) is 59.5 Å². The first-order valence-corrected chi connectivity index (χ1v) is 10.7. The number of thioether (sulfide) groups is 1. The number of rotatable bonds is 6. The number of carbonyl (C=O) groups excluding carboxylic acids is 1. The van der Waals surface area contributed by atoms with Crippen LogP contribution in [0.5, 0.6) is 0 Å². The highest BCUT2D eigenvalue weighted by Crippen LogP contribution is 2.33. The van der Waals surface area contributed by atoms with Crippen molar-refractivity contribution in [3.8, 4) is 0 Å². The normalized spacial score (nSPS) is 12.2. The number of anilines is 2. The number of benzene rings is 2. The third-order valence-electron chi connectivity index (χ3n) is 4.58. The van der Waals surface area contributed by atoms with Crippen LogP contribution in [0.4, 0.5) is 10.8 Å². The van der Waals surface area contributed by atoms with Crippen molar-refractivity contribution in [2.24, 2.45) is 0 Å². The van der Waals surface area contributed by atoms with Crippen LogP contribution in [0, 0.1) is 13.8 Å². The summed E-state index contributed by atoms with van der Waals surface area (Å²) < 4.78 is 0.773. The van der Waals surface area contributed by atoms with Gasteiger partial charge in [-0.05, 0) is 38.5 Å². The Hall–Kier alpha value is -2.64. The second kappa shape index (κ2) is 7.77. The molecule has 2 N–H and O–H groups in total. The summed E-state index contributed by atoms with van der Waals surface area (Å²) in [4.78, 5) is 16.4. The van der Waals surface area contributed by atoms with Gasteiger partial charge in [0, 0.05) is 27.8 Å². The highest BCUT2D eigenvalue weighted by molar-refractivity contribution is 8.02. The van der Waals surface area contributed by atoms with E-state index in [9.17, 15) is 4.79 Å². The molecule has 7 heteroatoms. The van der Waals surface area contributed by atoms with E-state index >= 15 is 0 Å². The van der Waals surface area contributed by atoms with Crippen molar-refractivity contribution in [1.29, 1.82) is 0 Å². The van der Waals surface area contributed by atoms with Gasteiger partial charge in [-0.15, -0.1) is 10.2 Å². The van der Waals surface area contributed by atoms with Crippen molar-refractivity contribution in [2.75, 3.05) is 5.32 Å². The first-order chi connectivity index (χ1) is 13.5. The quantitative estimate of drug-likeness (QED) is 0.314. The lowest BCUT2D eigenvalue weighted by atomic mass is 10.1. The molecule has 0 saturated heterocycles. The van der Waals surface area contributed by atoms with Crippen molar-refractivity contribution in [3.05, 3.63) is 65.4 Å². The zero-order valence-corrected chi connectivity index (χ0v) is 17.4. The maximum Gasteiger partial charge on any atom is 0.210 e. The second-order valence-corrected chi connectivity index (χ2v) is 9.17. The number of fused-ring (bicyclic) bond motifs is 1. The highest BCUT2D eigenvalue weighted by Gasteiger charge is 2.23. The fourth-order valence-corrected chi connectivity index (χ4v) is 5.11. The summed E-state index contributed by atoms with van der Waals surface area (Å²) in [5.41, 5.74) is 4.80. The molecule has 5 nitrogen and oxygen atoms in total. The summed E-state index contributed by atoms with van der Waals surface area (Å²) in [5.74, 6) is 0.101. The Labute approximate surface area is 171 Å². The molecule has 142 valence electrons. The van der Waals surface area contributed by atoms with E-state index in [4.69, 9.17) is 0 Å². The van der Waals surface area contributed by atoms with Gasteiger partial charge in [0.15, 0.2) is 10.1 Å². The van der Waals surface area contributed by atoms with Gasteiger partial charge in [0.1, 0.15) is 0 Å². The van der Waals surface area contributed by atoms with Crippen molar-refractivity contribution < 1.29 is 4.79 Å². The molecule has 0 bridgehead atoms. The molecule has 0 radical (unpaired) electrons. The van der Waals surface area contributed by atoms with Crippen LogP contribution in [0.1, 0.15) is 28.5 Å². The van der Waals surface area contributed by atoms with Crippen molar-refractivity contribution in [1.82, 2.24) is 15.2 Å². The summed E-state index contributed by atoms with van der Waals surface area (Å²) in [7, 11) is 0. The summed E-state index contributed by atoms with van der Waals surface area (Å²) in [6.45, 7) is 5.91. The fourth-order valence-electron chi connectivity index (χ4n) is 3.14. The Kier molecular flexibility index (Phi) is 5.19. The minimum atomic E-state index is -0.253. The van der Waals surface area contributed by atoms with Crippen LogP contribution in [-0.4, -0.2) is 26.2 Å². The van der Waals surface area contributed by atoms with Gasteiger partial charge in [-0.25, -0.2) is 0 Å². The molecule has 4 aromatic rings. The molecule has 1 atom stereocenters. The molecule has 2 aromatic heterocycles. The standard InChI is InChI=1S/C21H20N4OS2/c1-12-8-4-6-10-16(12)23-20-24-25-21(28-20)27-14(3)19(26)18-13(2)22-17-11-7-5-9-15(17)18/h4-11,14,22H,1-3H3,(H,23,24)/t14-/m0/s1. The summed E-state index contributed by atoms with van der Waals surface area (Å²) in [6.07, 6.45) is 0. The molecule has 2 heterocycles. The van der Waals surface area contributed by atoms with E-state index in [1.807, 2.05) is 69.3 Å².